The summed E-state index contributed by atoms with van der Waals surface area (Å²) in [6, 6.07) is 6.46. The number of carboxylic acids is 2. The van der Waals surface area contributed by atoms with Crippen molar-refractivity contribution in [2.75, 3.05) is 13.7 Å². The molecule has 3 atom stereocenters. The lowest BCUT2D eigenvalue weighted by Crippen LogP contribution is -2.36. The average molecular weight is 279 g/mol. The quantitative estimate of drug-likeness (QED) is 0.742. The molecule has 0 spiro atoms. The Morgan fingerprint density at radius 1 is 1.35 bits per heavy atom. The average Bonchev–Trinajstić information content (AvgIpc) is 2.81. The third-order valence-electron chi connectivity index (χ3n) is 3.72. The maximum Gasteiger partial charge on any atom is 0.321 e. The van der Waals surface area contributed by atoms with Crippen molar-refractivity contribution in [2.45, 2.75) is 18.4 Å². The Kier molecular flexibility index (Phi) is 4.24. The number of nitrogens with one attached hydrogen (secondary N) is 1. The third kappa shape index (κ3) is 2.75. The van der Waals surface area contributed by atoms with Crippen molar-refractivity contribution in [1.82, 2.24) is 5.32 Å². The van der Waals surface area contributed by atoms with Crippen molar-refractivity contribution in [3.05, 3.63) is 29.8 Å². The van der Waals surface area contributed by atoms with E-state index in [4.69, 9.17) is 9.84 Å². The Bertz CT molecular complexity index is 516. The van der Waals surface area contributed by atoms with E-state index >= 15 is 0 Å². The lowest BCUT2D eigenvalue weighted by molar-refractivity contribution is -0.142. The van der Waals surface area contributed by atoms with Crippen LogP contribution in [0.25, 0.3) is 0 Å². The molecule has 108 valence electrons. The van der Waals surface area contributed by atoms with E-state index in [2.05, 4.69) is 5.32 Å². The van der Waals surface area contributed by atoms with Crippen LogP contribution in [0, 0.1) is 5.92 Å². The van der Waals surface area contributed by atoms with E-state index in [1.54, 1.807) is 13.2 Å². The minimum atomic E-state index is -1.02. The van der Waals surface area contributed by atoms with Gasteiger partial charge in [-0.25, -0.2) is 0 Å². The molecule has 1 aliphatic rings. The smallest absolute Gasteiger partial charge is 0.321 e. The van der Waals surface area contributed by atoms with Crippen LogP contribution in [0.2, 0.25) is 0 Å². The number of rotatable bonds is 5. The van der Waals surface area contributed by atoms with Crippen LogP contribution >= 0.6 is 0 Å². The lowest BCUT2D eigenvalue weighted by atomic mass is 9.82. The first-order valence-electron chi connectivity index (χ1n) is 6.35. The van der Waals surface area contributed by atoms with Crippen LogP contribution in [0.15, 0.2) is 24.3 Å². The first-order valence-corrected chi connectivity index (χ1v) is 6.35. The molecule has 0 radical (unpaired) electrons. The summed E-state index contributed by atoms with van der Waals surface area (Å²) >= 11 is 0. The zero-order chi connectivity index (χ0) is 14.7. The summed E-state index contributed by atoms with van der Waals surface area (Å²) in [5.41, 5.74) is 0.845. The minimum Gasteiger partial charge on any atom is -0.496 e. The Morgan fingerprint density at radius 2 is 2.05 bits per heavy atom. The molecule has 1 saturated heterocycles. The molecular weight excluding hydrogens is 262 g/mol. The zero-order valence-electron chi connectivity index (χ0n) is 11.1. The van der Waals surface area contributed by atoms with E-state index in [9.17, 15) is 14.7 Å². The largest absolute Gasteiger partial charge is 0.496 e. The number of carboxylic acid groups (broad SMARTS) is 2. The molecule has 2 rings (SSSR count). The third-order valence-corrected chi connectivity index (χ3v) is 3.72. The summed E-state index contributed by atoms with van der Waals surface area (Å²) in [5.74, 6) is -2.05. The Balaban J connectivity index is 2.34. The number of aliphatic carboxylic acids is 2. The molecule has 1 aromatic carbocycles. The predicted molar refractivity (Wildman–Crippen MR) is 70.9 cm³/mol. The van der Waals surface area contributed by atoms with Crippen LogP contribution in [0.4, 0.5) is 0 Å². The van der Waals surface area contributed by atoms with Crippen molar-refractivity contribution in [1.29, 1.82) is 0 Å². The van der Waals surface area contributed by atoms with Crippen LogP contribution in [0.1, 0.15) is 17.9 Å². The maximum atomic E-state index is 11.2. The van der Waals surface area contributed by atoms with E-state index in [1.165, 1.54) is 0 Å². The van der Waals surface area contributed by atoms with Gasteiger partial charge in [0.1, 0.15) is 11.8 Å². The number of carbonyl (C=O) groups is 2. The van der Waals surface area contributed by atoms with Gasteiger partial charge in [0.25, 0.3) is 0 Å². The summed E-state index contributed by atoms with van der Waals surface area (Å²) in [6.07, 6.45) is -0.188. The summed E-state index contributed by atoms with van der Waals surface area (Å²) in [7, 11) is 1.54. The Labute approximate surface area is 116 Å². The second-order valence-electron chi connectivity index (χ2n) is 4.83. The van der Waals surface area contributed by atoms with Crippen LogP contribution in [0.5, 0.6) is 5.75 Å². The van der Waals surface area contributed by atoms with Gasteiger partial charge in [-0.1, -0.05) is 18.2 Å². The standard InChI is InChI=1S/C14H17NO5/c1-20-11-5-3-2-4-8(11)10-7-15-13(14(18)19)9(10)6-12(16)17/h2-5,9-10,13,15H,6-7H2,1H3,(H,16,17)(H,18,19)/t9-,10-,13-/m1/s1. The van der Waals surface area contributed by atoms with Gasteiger partial charge in [-0.3, -0.25) is 9.59 Å². The number of methoxy groups -OCH3 is 1. The predicted octanol–water partition coefficient (Wildman–Crippen LogP) is 0.926. The highest BCUT2D eigenvalue weighted by Gasteiger charge is 2.42. The molecule has 6 heteroatoms. The molecule has 1 fully saturated rings. The molecule has 0 unspecified atom stereocenters. The van der Waals surface area contributed by atoms with Gasteiger partial charge in [0.15, 0.2) is 0 Å². The molecular formula is C14H17NO5. The van der Waals surface area contributed by atoms with E-state index < -0.39 is 23.9 Å². The van der Waals surface area contributed by atoms with Crippen molar-refractivity contribution < 1.29 is 24.5 Å². The van der Waals surface area contributed by atoms with Gasteiger partial charge in [-0.05, 0) is 11.6 Å². The van der Waals surface area contributed by atoms with Gasteiger partial charge in [-0.15, -0.1) is 0 Å². The topological polar surface area (TPSA) is 95.9 Å². The number of benzene rings is 1. The molecule has 0 aliphatic carbocycles. The minimum absolute atomic E-state index is 0.188. The summed E-state index contributed by atoms with van der Waals surface area (Å²) in [5, 5.41) is 21.1. The highest BCUT2D eigenvalue weighted by atomic mass is 16.5. The van der Waals surface area contributed by atoms with Crippen molar-refractivity contribution in [3.8, 4) is 5.75 Å². The normalized spacial score (nSPS) is 25.4. The molecule has 0 saturated carbocycles. The van der Waals surface area contributed by atoms with Gasteiger partial charge in [0.2, 0.25) is 0 Å². The summed E-state index contributed by atoms with van der Waals surface area (Å²) in [4.78, 5) is 22.2. The number of hydrogen-bond acceptors (Lipinski definition) is 4. The Morgan fingerprint density at radius 3 is 2.65 bits per heavy atom. The SMILES string of the molecule is COc1ccccc1[C@H]1CN[C@@H](C(=O)O)[C@@H]1CC(=O)O. The van der Waals surface area contributed by atoms with Crippen molar-refractivity contribution in [2.24, 2.45) is 5.92 Å². The fourth-order valence-electron chi connectivity index (χ4n) is 2.83. The first-order chi connectivity index (χ1) is 9.54. The number of para-hydroxylation sites is 1. The van der Waals surface area contributed by atoms with Gasteiger partial charge < -0.3 is 20.3 Å². The molecule has 0 bridgehead atoms. The van der Waals surface area contributed by atoms with E-state index in [0.717, 1.165) is 5.56 Å². The van der Waals surface area contributed by atoms with Gasteiger partial charge in [0, 0.05) is 18.4 Å². The summed E-state index contributed by atoms with van der Waals surface area (Å²) < 4.78 is 5.28. The molecule has 0 amide bonds. The molecule has 0 aromatic heterocycles. The van der Waals surface area contributed by atoms with Gasteiger partial charge in [0.05, 0.1) is 13.5 Å². The second kappa shape index (κ2) is 5.92. The maximum absolute atomic E-state index is 11.2. The zero-order valence-corrected chi connectivity index (χ0v) is 11.1. The van der Waals surface area contributed by atoms with E-state index in [-0.39, 0.29) is 12.3 Å². The van der Waals surface area contributed by atoms with Crippen molar-refractivity contribution >= 4 is 11.9 Å². The highest BCUT2D eigenvalue weighted by Crippen LogP contribution is 2.38. The number of hydrogen-bond donors (Lipinski definition) is 3. The van der Waals surface area contributed by atoms with Crippen molar-refractivity contribution in [3.63, 3.8) is 0 Å². The molecule has 3 N–H and O–H groups in total. The lowest BCUT2D eigenvalue weighted by Gasteiger charge is -2.22. The molecule has 1 aromatic rings. The Hall–Kier alpha value is -2.08. The van der Waals surface area contributed by atoms with Crippen LogP contribution in [-0.2, 0) is 9.59 Å². The first kappa shape index (κ1) is 14.3. The summed E-state index contributed by atoms with van der Waals surface area (Å²) in [6.45, 7) is 0.426. The fourth-order valence-corrected chi connectivity index (χ4v) is 2.83. The van der Waals surface area contributed by atoms with Crippen LogP contribution in [0.3, 0.4) is 0 Å². The molecule has 1 aliphatic heterocycles. The van der Waals surface area contributed by atoms with Gasteiger partial charge in [-0.2, -0.15) is 0 Å². The fraction of sp³-hybridized carbons (Fsp3) is 0.429. The highest BCUT2D eigenvalue weighted by molar-refractivity contribution is 5.77. The van der Waals surface area contributed by atoms with Gasteiger partial charge >= 0.3 is 11.9 Å². The molecule has 20 heavy (non-hydrogen) atoms. The van der Waals surface area contributed by atoms with E-state index in [1.807, 2.05) is 18.2 Å². The second-order valence-corrected chi connectivity index (χ2v) is 4.83. The monoisotopic (exact) mass is 279 g/mol. The van der Waals surface area contributed by atoms with E-state index in [0.29, 0.717) is 12.3 Å². The number of ether oxygens (including phenoxy) is 1. The molecule has 6 nitrogen and oxygen atoms in total. The molecule has 1 heterocycles. The van der Waals surface area contributed by atoms with Crippen LogP contribution in [-0.4, -0.2) is 41.8 Å². The van der Waals surface area contributed by atoms with Crippen LogP contribution < -0.4 is 10.1 Å².